The van der Waals surface area contributed by atoms with Crippen molar-refractivity contribution in [3.8, 4) is 0 Å². The van der Waals surface area contributed by atoms with Crippen LogP contribution in [0.15, 0.2) is 30.3 Å². The molecule has 1 aromatic rings. The maximum Gasteiger partial charge on any atom is 0.513 e. The number of benzene rings is 1. The molecular weight excluding hydrogens is 268 g/mol. The molecule has 0 unspecified atom stereocenters. The van der Waals surface area contributed by atoms with Crippen LogP contribution in [0, 0.1) is 5.92 Å². The second-order valence-electron chi connectivity index (χ2n) is 5.14. The van der Waals surface area contributed by atoms with Gasteiger partial charge in [-0.1, -0.05) is 30.3 Å². The van der Waals surface area contributed by atoms with E-state index in [-0.39, 0.29) is 18.6 Å². The standard InChI is InChI=1S/C13H17FNO3P/c14-19(16)17-10-12-9-15(7-6-13(12)18-19)8-11-4-2-1-3-5-11/h1-5,12-13H,6-10H2/t12-,13+,19+/m0/s1. The topological polar surface area (TPSA) is 38.8 Å². The van der Waals surface area contributed by atoms with Gasteiger partial charge in [-0.2, -0.15) is 0 Å². The van der Waals surface area contributed by atoms with Crippen LogP contribution in [0.5, 0.6) is 0 Å². The summed E-state index contributed by atoms with van der Waals surface area (Å²) in [7, 11) is -4.28. The van der Waals surface area contributed by atoms with Gasteiger partial charge in [-0.05, 0) is 12.0 Å². The Hall–Kier alpha value is -0.740. The van der Waals surface area contributed by atoms with Crippen LogP contribution in [0.25, 0.3) is 0 Å². The third kappa shape index (κ3) is 3.23. The highest BCUT2D eigenvalue weighted by Crippen LogP contribution is 2.56. The van der Waals surface area contributed by atoms with Gasteiger partial charge in [0.1, 0.15) is 0 Å². The van der Waals surface area contributed by atoms with Crippen LogP contribution in [0.1, 0.15) is 12.0 Å². The molecule has 0 aliphatic carbocycles. The first kappa shape index (κ1) is 13.3. The Morgan fingerprint density at radius 2 is 2.16 bits per heavy atom. The van der Waals surface area contributed by atoms with E-state index in [1.54, 1.807) is 0 Å². The Bertz CT molecular complexity index is 484. The van der Waals surface area contributed by atoms with Crippen LogP contribution in [0.2, 0.25) is 0 Å². The second kappa shape index (κ2) is 5.33. The normalized spacial score (nSPS) is 35.8. The molecule has 0 radical (unpaired) electrons. The molecule has 2 aliphatic heterocycles. The maximum atomic E-state index is 13.2. The predicted octanol–water partition coefficient (Wildman–Crippen LogP) is 3.00. The van der Waals surface area contributed by atoms with Crippen molar-refractivity contribution in [1.29, 1.82) is 0 Å². The molecule has 6 heteroatoms. The van der Waals surface area contributed by atoms with Crippen molar-refractivity contribution in [3.63, 3.8) is 0 Å². The highest BCUT2D eigenvalue weighted by Gasteiger charge is 2.42. The fourth-order valence-corrected chi connectivity index (χ4v) is 3.78. The highest BCUT2D eigenvalue weighted by molar-refractivity contribution is 7.48. The molecule has 3 atom stereocenters. The van der Waals surface area contributed by atoms with Gasteiger partial charge >= 0.3 is 7.91 Å². The minimum Gasteiger partial charge on any atom is -0.299 e. The number of hydrogen-bond acceptors (Lipinski definition) is 4. The van der Waals surface area contributed by atoms with E-state index >= 15 is 0 Å². The van der Waals surface area contributed by atoms with Crippen molar-refractivity contribution in [1.82, 2.24) is 4.90 Å². The number of piperidine rings is 1. The van der Waals surface area contributed by atoms with Gasteiger partial charge in [0, 0.05) is 25.6 Å². The van der Waals surface area contributed by atoms with E-state index in [1.165, 1.54) is 5.56 Å². The van der Waals surface area contributed by atoms with E-state index in [1.807, 2.05) is 18.2 Å². The van der Waals surface area contributed by atoms with Gasteiger partial charge in [-0.3, -0.25) is 13.9 Å². The molecule has 1 aromatic carbocycles. The summed E-state index contributed by atoms with van der Waals surface area (Å²) in [6.45, 7) is 2.68. The predicted molar refractivity (Wildman–Crippen MR) is 69.4 cm³/mol. The zero-order valence-corrected chi connectivity index (χ0v) is 11.5. The molecule has 0 amide bonds. The van der Waals surface area contributed by atoms with Crippen LogP contribution >= 0.6 is 7.91 Å². The lowest BCUT2D eigenvalue weighted by molar-refractivity contribution is -0.0363. The Kier molecular flexibility index (Phi) is 3.72. The van der Waals surface area contributed by atoms with Crippen LogP contribution in [-0.4, -0.2) is 30.7 Å². The van der Waals surface area contributed by atoms with Crippen LogP contribution in [0.3, 0.4) is 0 Å². The zero-order chi connectivity index (χ0) is 13.3. The third-order valence-electron chi connectivity index (χ3n) is 3.70. The van der Waals surface area contributed by atoms with E-state index in [9.17, 15) is 8.76 Å². The molecule has 0 bridgehead atoms. The van der Waals surface area contributed by atoms with E-state index in [2.05, 4.69) is 21.6 Å². The lowest BCUT2D eigenvalue weighted by Gasteiger charge is -2.40. The maximum absolute atomic E-state index is 13.2. The third-order valence-corrected chi connectivity index (χ3v) is 4.68. The van der Waals surface area contributed by atoms with Crippen LogP contribution in [-0.2, 0) is 20.2 Å². The summed E-state index contributed by atoms with van der Waals surface area (Å²) in [4.78, 5) is 2.30. The smallest absolute Gasteiger partial charge is 0.299 e. The number of fused-ring (bicyclic) bond motifs is 1. The molecule has 2 heterocycles. The molecule has 104 valence electrons. The molecule has 0 aromatic heterocycles. The van der Waals surface area contributed by atoms with Crippen LogP contribution in [0.4, 0.5) is 4.20 Å². The second-order valence-corrected chi connectivity index (χ2v) is 6.47. The summed E-state index contributed by atoms with van der Waals surface area (Å²) in [5, 5.41) is 0. The molecule has 0 N–H and O–H groups in total. The van der Waals surface area contributed by atoms with Gasteiger partial charge in [-0.25, -0.2) is 4.57 Å². The summed E-state index contributed by atoms with van der Waals surface area (Å²) in [6, 6.07) is 10.2. The summed E-state index contributed by atoms with van der Waals surface area (Å²) in [6.07, 6.45) is 0.436. The molecule has 2 fully saturated rings. The lowest BCUT2D eigenvalue weighted by atomic mass is 9.95. The first-order valence-electron chi connectivity index (χ1n) is 6.51. The number of hydrogen-bond donors (Lipinski definition) is 0. The number of halogens is 1. The Labute approximate surface area is 112 Å². The average Bonchev–Trinajstić information content (AvgIpc) is 2.39. The quantitative estimate of drug-likeness (QED) is 0.783. The summed E-state index contributed by atoms with van der Waals surface area (Å²) in [5.74, 6) is 0.107. The summed E-state index contributed by atoms with van der Waals surface area (Å²) in [5.41, 5.74) is 1.26. The van der Waals surface area contributed by atoms with Crippen molar-refractivity contribution < 1.29 is 17.8 Å². The summed E-state index contributed by atoms with van der Waals surface area (Å²) < 4.78 is 33.9. The first-order valence-corrected chi connectivity index (χ1v) is 7.95. The molecule has 2 saturated heterocycles. The molecule has 3 rings (SSSR count). The molecule has 4 nitrogen and oxygen atoms in total. The average molecular weight is 285 g/mol. The van der Waals surface area contributed by atoms with Gasteiger partial charge in [-0.15, -0.1) is 4.20 Å². The zero-order valence-electron chi connectivity index (χ0n) is 10.6. The monoisotopic (exact) mass is 285 g/mol. The van der Waals surface area contributed by atoms with Crippen LogP contribution < -0.4 is 0 Å². The van der Waals surface area contributed by atoms with E-state index < -0.39 is 7.91 Å². The Morgan fingerprint density at radius 1 is 1.37 bits per heavy atom. The van der Waals surface area contributed by atoms with Gasteiger partial charge < -0.3 is 0 Å². The Balaban J connectivity index is 1.60. The van der Waals surface area contributed by atoms with Crippen molar-refractivity contribution in [2.24, 2.45) is 5.92 Å². The van der Waals surface area contributed by atoms with E-state index in [0.717, 1.165) is 19.6 Å². The van der Waals surface area contributed by atoms with Gasteiger partial charge in [0.2, 0.25) is 0 Å². The molecule has 0 saturated carbocycles. The minimum atomic E-state index is -4.28. The molecule has 19 heavy (non-hydrogen) atoms. The van der Waals surface area contributed by atoms with Gasteiger partial charge in [0.15, 0.2) is 0 Å². The largest absolute Gasteiger partial charge is 0.513 e. The SMILES string of the molecule is O=[P@]1(F)OC[C@@H]2CN(Cc3ccccc3)CC[C@H]2O1. The lowest BCUT2D eigenvalue weighted by Crippen LogP contribution is -2.46. The molecule has 0 spiro atoms. The fourth-order valence-electron chi connectivity index (χ4n) is 2.75. The number of likely N-dealkylation sites (tertiary alicyclic amines) is 1. The van der Waals surface area contributed by atoms with Crippen molar-refractivity contribution >= 4 is 7.91 Å². The van der Waals surface area contributed by atoms with Crippen molar-refractivity contribution in [3.05, 3.63) is 35.9 Å². The van der Waals surface area contributed by atoms with Gasteiger partial charge in [0.05, 0.1) is 12.7 Å². The number of rotatable bonds is 2. The van der Waals surface area contributed by atoms with E-state index in [0.29, 0.717) is 6.42 Å². The minimum absolute atomic E-state index is 0.107. The molecular formula is C13H17FNO3P. The molecule has 2 aliphatic rings. The highest BCUT2D eigenvalue weighted by atomic mass is 31.2. The van der Waals surface area contributed by atoms with E-state index in [4.69, 9.17) is 4.52 Å². The number of nitrogens with zero attached hydrogens (tertiary/aromatic N) is 1. The first-order chi connectivity index (χ1) is 9.12. The van der Waals surface area contributed by atoms with Gasteiger partial charge in [0.25, 0.3) is 0 Å². The van der Waals surface area contributed by atoms with Crippen molar-refractivity contribution in [2.75, 3.05) is 19.7 Å². The van der Waals surface area contributed by atoms with Crippen molar-refractivity contribution in [2.45, 2.75) is 19.1 Å². The summed E-state index contributed by atoms with van der Waals surface area (Å²) >= 11 is 0. The fraction of sp³-hybridized carbons (Fsp3) is 0.538. The Morgan fingerprint density at radius 3 is 2.95 bits per heavy atom.